The van der Waals surface area contributed by atoms with Crippen molar-refractivity contribution in [2.75, 3.05) is 13.2 Å². The number of benzene rings is 1. The quantitative estimate of drug-likeness (QED) is 0.845. The van der Waals surface area contributed by atoms with Crippen molar-refractivity contribution >= 4 is 0 Å². The smallest absolute Gasteiger partial charge is 0.0558 e. The Bertz CT molecular complexity index is 319. The summed E-state index contributed by atoms with van der Waals surface area (Å²) in [7, 11) is 0. The molecule has 1 fully saturated rings. The first-order valence-electron chi connectivity index (χ1n) is 6.74. The number of nitrogens with zero attached hydrogens (tertiary/aromatic N) is 1. The van der Waals surface area contributed by atoms with Crippen LogP contribution < -0.4 is 0 Å². The van der Waals surface area contributed by atoms with Gasteiger partial charge in [0.1, 0.15) is 0 Å². The lowest BCUT2D eigenvalue weighted by molar-refractivity contribution is 0.112. The summed E-state index contributed by atoms with van der Waals surface area (Å²) in [6.07, 6.45) is 5.26. The third kappa shape index (κ3) is 3.08. The highest BCUT2D eigenvalue weighted by atomic mass is 16.3. The summed E-state index contributed by atoms with van der Waals surface area (Å²) in [6, 6.07) is 11.7. The molecule has 0 radical (unpaired) electrons. The van der Waals surface area contributed by atoms with Gasteiger partial charge in [-0.2, -0.15) is 0 Å². The van der Waals surface area contributed by atoms with Crippen LogP contribution in [0.3, 0.4) is 0 Å². The first-order valence-corrected chi connectivity index (χ1v) is 6.74. The van der Waals surface area contributed by atoms with Crippen molar-refractivity contribution in [3.8, 4) is 0 Å². The summed E-state index contributed by atoms with van der Waals surface area (Å²) >= 11 is 0. The molecule has 2 heteroatoms. The van der Waals surface area contributed by atoms with E-state index in [1.807, 2.05) is 0 Å². The van der Waals surface area contributed by atoms with Crippen molar-refractivity contribution in [3.63, 3.8) is 0 Å². The molecular weight excluding hydrogens is 210 g/mol. The van der Waals surface area contributed by atoms with Gasteiger partial charge in [-0.1, -0.05) is 43.2 Å². The third-order valence-corrected chi connectivity index (χ3v) is 3.93. The molecule has 0 saturated heterocycles. The minimum Gasteiger partial charge on any atom is -0.395 e. The van der Waals surface area contributed by atoms with Gasteiger partial charge in [-0.05, 0) is 25.3 Å². The molecule has 1 aromatic rings. The van der Waals surface area contributed by atoms with Gasteiger partial charge in [0.05, 0.1) is 6.61 Å². The van der Waals surface area contributed by atoms with Crippen LogP contribution in [0.2, 0.25) is 0 Å². The average Bonchev–Trinajstić information content (AvgIpc) is 2.90. The Labute approximate surface area is 104 Å². The van der Waals surface area contributed by atoms with Crippen LogP contribution in [0.15, 0.2) is 30.3 Å². The Balaban J connectivity index is 2.09. The molecule has 1 unspecified atom stereocenters. The molecule has 1 saturated carbocycles. The van der Waals surface area contributed by atoms with E-state index in [9.17, 15) is 5.11 Å². The average molecular weight is 233 g/mol. The lowest BCUT2D eigenvalue weighted by atomic mass is 10.0. The van der Waals surface area contributed by atoms with E-state index in [2.05, 4.69) is 42.2 Å². The zero-order chi connectivity index (χ0) is 12.1. The number of hydrogen-bond donors (Lipinski definition) is 1. The monoisotopic (exact) mass is 233 g/mol. The Morgan fingerprint density at radius 3 is 2.47 bits per heavy atom. The number of aliphatic hydroxyl groups excluding tert-OH is 1. The molecule has 1 aromatic carbocycles. The minimum atomic E-state index is 0.258. The first kappa shape index (κ1) is 12.6. The zero-order valence-corrected chi connectivity index (χ0v) is 10.7. The highest BCUT2D eigenvalue weighted by Gasteiger charge is 2.26. The van der Waals surface area contributed by atoms with Crippen molar-refractivity contribution in [1.82, 2.24) is 4.90 Å². The second kappa shape index (κ2) is 6.18. The van der Waals surface area contributed by atoms with Crippen LogP contribution in [0.5, 0.6) is 0 Å². The second-order valence-corrected chi connectivity index (χ2v) is 4.99. The van der Waals surface area contributed by atoms with Gasteiger partial charge in [0.2, 0.25) is 0 Å². The molecule has 0 amide bonds. The maximum atomic E-state index is 9.25. The van der Waals surface area contributed by atoms with Gasteiger partial charge in [0.15, 0.2) is 0 Å². The van der Waals surface area contributed by atoms with Crippen LogP contribution in [0.25, 0.3) is 0 Å². The third-order valence-electron chi connectivity index (χ3n) is 3.93. The van der Waals surface area contributed by atoms with Crippen LogP contribution >= 0.6 is 0 Å². The molecule has 2 rings (SSSR count). The number of hydrogen-bond acceptors (Lipinski definition) is 2. The van der Waals surface area contributed by atoms with Crippen LogP contribution in [0.4, 0.5) is 0 Å². The molecule has 0 aromatic heterocycles. The van der Waals surface area contributed by atoms with E-state index < -0.39 is 0 Å². The maximum Gasteiger partial charge on any atom is 0.0558 e. The van der Waals surface area contributed by atoms with E-state index in [0.717, 1.165) is 6.54 Å². The Kier molecular flexibility index (Phi) is 4.57. The van der Waals surface area contributed by atoms with Gasteiger partial charge < -0.3 is 5.11 Å². The Hall–Kier alpha value is -0.860. The van der Waals surface area contributed by atoms with Crippen molar-refractivity contribution in [2.24, 2.45) is 0 Å². The van der Waals surface area contributed by atoms with Crippen molar-refractivity contribution < 1.29 is 5.11 Å². The lowest BCUT2D eigenvalue weighted by Crippen LogP contribution is -2.37. The van der Waals surface area contributed by atoms with E-state index in [-0.39, 0.29) is 6.61 Å². The Morgan fingerprint density at radius 2 is 1.88 bits per heavy atom. The summed E-state index contributed by atoms with van der Waals surface area (Å²) in [5, 5.41) is 9.25. The lowest BCUT2D eigenvalue weighted by Gasteiger charge is -2.34. The standard InChI is InChI=1S/C15H23NO/c1-13(14-7-3-2-4-8-14)16(11-12-17)15-9-5-6-10-15/h2-4,7-8,13,15,17H,5-6,9-12H2,1H3. The van der Waals surface area contributed by atoms with Crippen LogP contribution in [-0.2, 0) is 0 Å². The van der Waals surface area contributed by atoms with Crippen molar-refractivity contribution in [3.05, 3.63) is 35.9 Å². The number of aliphatic hydroxyl groups is 1. The predicted octanol–water partition coefficient (Wildman–Crippen LogP) is 2.98. The summed E-state index contributed by atoms with van der Waals surface area (Å²) in [5.74, 6) is 0. The fourth-order valence-electron chi connectivity index (χ4n) is 2.97. The van der Waals surface area contributed by atoms with Gasteiger partial charge in [0, 0.05) is 18.6 Å². The summed E-state index contributed by atoms with van der Waals surface area (Å²) in [4.78, 5) is 2.47. The van der Waals surface area contributed by atoms with E-state index >= 15 is 0 Å². The molecule has 2 nitrogen and oxygen atoms in total. The van der Waals surface area contributed by atoms with Crippen LogP contribution in [0, 0.1) is 0 Å². The fraction of sp³-hybridized carbons (Fsp3) is 0.600. The highest BCUT2D eigenvalue weighted by molar-refractivity contribution is 5.18. The van der Waals surface area contributed by atoms with Crippen LogP contribution in [-0.4, -0.2) is 29.2 Å². The van der Waals surface area contributed by atoms with Crippen LogP contribution in [0.1, 0.15) is 44.2 Å². The minimum absolute atomic E-state index is 0.258. The van der Waals surface area contributed by atoms with E-state index in [1.54, 1.807) is 0 Å². The number of rotatable bonds is 5. The topological polar surface area (TPSA) is 23.5 Å². The molecule has 94 valence electrons. The molecule has 1 N–H and O–H groups in total. The normalized spacial score (nSPS) is 18.8. The molecule has 1 atom stereocenters. The van der Waals surface area contributed by atoms with Gasteiger partial charge in [-0.15, -0.1) is 0 Å². The molecule has 0 spiro atoms. The molecule has 17 heavy (non-hydrogen) atoms. The van der Waals surface area contributed by atoms with Gasteiger partial charge >= 0.3 is 0 Å². The van der Waals surface area contributed by atoms with E-state index in [4.69, 9.17) is 0 Å². The summed E-state index contributed by atoms with van der Waals surface area (Å²) in [5.41, 5.74) is 1.35. The fourth-order valence-corrected chi connectivity index (χ4v) is 2.97. The summed E-state index contributed by atoms with van der Waals surface area (Å²) < 4.78 is 0. The first-order chi connectivity index (χ1) is 8.33. The van der Waals surface area contributed by atoms with Crippen molar-refractivity contribution in [2.45, 2.75) is 44.7 Å². The zero-order valence-electron chi connectivity index (χ0n) is 10.7. The largest absolute Gasteiger partial charge is 0.395 e. The van der Waals surface area contributed by atoms with E-state index in [1.165, 1.54) is 31.2 Å². The highest BCUT2D eigenvalue weighted by Crippen LogP contribution is 2.30. The van der Waals surface area contributed by atoms with Gasteiger partial charge in [-0.3, -0.25) is 4.90 Å². The SMILES string of the molecule is CC(c1ccccc1)N(CCO)C1CCCC1. The molecular formula is C15H23NO. The molecule has 0 bridgehead atoms. The Morgan fingerprint density at radius 1 is 1.24 bits per heavy atom. The molecule has 0 heterocycles. The van der Waals surface area contributed by atoms with Gasteiger partial charge in [-0.25, -0.2) is 0 Å². The van der Waals surface area contributed by atoms with E-state index in [0.29, 0.717) is 12.1 Å². The molecule has 1 aliphatic rings. The molecule has 1 aliphatic carbocycles. The molecule has 0 aliphatic heterocycles. The predicted molar refractivity (Wildman–Crippen MR) is 70.9 cm³/mol. The maximum absolute atomic E-state index is 9.25. The van der Waals surface area contributed by atoms with Gasteiger partial charge in [0.25, 0.3) is 0 Å². The second-order valence-electron chi connectivity index (χ2n) is 4.99. The van der Waals surface area contributed by atoms with Crippen molar-refractivity contribution in [1.29, 1.82) is 0 Å². The summed E-state index contributed by atoms with van der Waals surface area (Å²) in [6.45, 7) is 3.30.